The highest BCUT2D eigenvalue weighted by molar-refractivity contribution is 5.78. The van der Waals surface area contributed by atoms with Gasteiger partial charge >= 0.3 is 0 Å². The van der Waals surface area contributed by atoms with Gasteiger partial charge in [0.25, 0.3) is 0 Å². The zero-order chi connectivity index (χ0) is 18.5. The lowest BCUT2D eigenvalue weighted by Gasteiger charge is -2.37. The third-order valence-electron chi connectivity index (χ3n) is 5.44. The second kappa shape index (κ2) is 8.37. The summed E-state index contributed by atoms with van der Waals surface area (Å²) in [6.45, 7) is 8.53. The van der Waals surface area contributed by atoms with E-state index >= 15 is 0 Å². The maximum absolute atomic E-state index is 12.7. The average Bonchev–Trinajstić information content (AvgIpc) is 2.68. The Labute approximate surface area is 157 Å². The number of rotatable bonds is 5. The normalized spacial score (nSPS) is 16.3. The Hall–Kier alpha value is -2.33. The molecule has 0 radical (unpaired) electrons. The molecule has 2 aromatic rings. The first-order chi connectivity index (χ1) is 12.6. The van der Waals surface area contributed by atoms with E-state index in [1.54, 1.807) is 0 Å². The summed E-state index contributed by atoms with van der Waals surface area (Å²) in [5, 5.41) is 0. The van der Waals surface area contributed by atoms with Gasteiger partial charge in [-0.25, -0.2) is 0 Å². The highest BCUT2D eigenvalue weighted by atomic mass is 16.2. The van der Waals surface area contributed by atoms with Gasteiger partial charge in [0.05, 0.1) is 12.6 Å². The Morgan fingerprint density at radius 3 is 2.27 bits per heavy atom. The minimum atomic E-state index is 0.0944. The van der Waals surface area contributed by atoms with Crippen molar-refractivity contribution in [1.29, 1.82) is 0 Å². The Bertz CT molecular complexity index is 723. The van der Waals surface area contributed by atoms with Gasteiger partial charge in [0.1, 0.15) is 0 Å². The minimum absolute atomic E-state index is 0.0944. The standard InChI is InChI=1S/C22H29N3O/c1-18-9-7-8-12-21(18)25-15-13-24(14-16-25)17-22(26)23(3)19(2)20-10-5-4-6-11-20/h4-12,19H,13-17H2,1-3H3/t19-/m0/s1. The second-order valence-corrected chi connectivity index (χ2v) is 7.14. The van der Waals surface area contributed by atoms with E-state index in [9.17, 15) is 4.79 Å². The fraction of sp³-hybridized carbons (Fsp3) is 0.409. The number of likely N-dealkylation sites (N-methyl/N-ethyl adjacent to an activating group) is 1. The number of piperazine rings is 1. The van der Waals surface area contributed by atoms with Crippen LogP contribution in [-0.2, 0) is 4.79 Å². The average molecular weight is 351 g/mol. The van der Waals surface area contributed by atoms with Crippen LogP contribution in [0, 0.1) is 6.92 Å². The summed E-state index contributed by atoms with van der Waals surface area (Å²) in [4.78, 5) is 19.3. The summed E-state index contributed by atoms with van der Waals surface area (Å²) in [5.41, 5.74) is 3.80. The van der Waals surface area contributed by atoms with Gasteiger partial charge in [-0.2, -0.15) is 0 Å². The molecule has 3 rings (SSSR count). The fourth-order valence-corrected chi connectivity index (χ4v) is 3.54. The van der Waals surface area contributed by atoms with E-state index < -0.39 is 0 Å². The summed E-state index contributed by atoms with van der Waals surface area (Å²) in [5.74, 6) is 0.186. The summed E-state index contributed by atoms with van der Waals surface area (Å²) in [7, 11) is 1.91. The van der Waals surface area contributed by atoms with Gasteiger partial charge < -0.3 is 9.80 Å². The Balaban J connectivity index is 1.52. The first kappa shape index (κ1) is 18.5. The van der Waals surface area contributed by atoms with E-state index in [4.69, 9.17) is 0 Å². The van der Waals surface area contributed by atoms with Crippen LogP contribution >= 0.6 is 0 Å². The van der Waals surface area contributed by atoms with Crippen LogP contribution in [0.2, 0.25) is 0 Å². The van der Waals surface area contributed by atoms with Crippen LogP contribution < -0.4 is 4.90 Å². The van der Waals surface area contributed by atoms with E-state index in [-0.39, 0.29) is 11.9 Å². The van der Waals surface area contributed by atoms with Gasteiger partial charge in [-0.05, 0) is 31.0 Å². The molecule has 0 aromatic heterocycles. The Kier molecular flexibility index (Phi) is 5.94. The van der Waals surface area contributed by atoms with Gasteiger partial charge in [-0.15, -0.1) is 0 Å². The van der Waals surface area contributed by atoms with Crippen molar-refractivity contribution in [3.8, 4) is 0 Å². The molecule has 138 valence electrons. The van der Waals surface area contributed by atoms with Crippen molar-refractivity contribution < 1.29 is 4.79 Å². The SMILES string of the molecule is Cc1ccccc1N1CCN(CC(=O)N(C)[C@@H](C)c2ccccc2)CC1. The van der Waals surface area contributed by atoms with Gasteiger partial charge in [0.15, 0.2) is 0 Å². The molecule has 0 aliphatic carbocycles. The number of para-hydroxylation sites is 1. The molecule has 1 atom stereocenters. The number of amides is 1. The van der Waals surface area contributed by atoms with Crippen molar-refractivity contribution in [3.05, 3.63) is 65.7 Å². The molecule has 0 unspecified atom stereocenters. The number of aryl methyl sites for hydroxylation is 1. The summed E-state index contributed by atoms with van der Waals surface area (Å²) < 4.78 is 0. The zero-order valence-electron chi connectivity index (χ0n) is 16.1. The van der Waals surface area contributed by atoms with Crippen molar-refractivity contribution in [2.45, 2.75) is 19.9 Å². The highest BCUT2D eigenvalue weighted by Gasteiger charge is 2.23. The quantitative estimate of drug-likeness (QED) is 0.827. The number of carbonyl (C=O) groups is 1. The molecular weight excluding hydrogens is 322 g/mol. The molecule has 0 N–H and O–H groups in total. The molecule has 0 bridgehead atoms. The van der Waals surface area contributed by atoms with Crippen molar-refractivity contribution in [2.75, 3.05) is 44.7 Å². The van der Waals surface area contributed by atoms with Gasteiger partial charge in [0, 0.05) is 38.9 Å². The van der Waals surface area contributed by atoms with Crippen LogP contribution in [0.4, 0.5) is 5.69 Å². The van der Waals surface area contributed by atoms with Gasteiger partial charge in [-0.3, -0.25) is 9.69 Å². The molecule has 1 amide bonds. The molecule has 1 heterocycles. The number of hydrogen-bond acceptors (Lipinski definition) is 3. The van der Waals surface area contributed by atoms with Crippen molar-refractivity contribution in [1.82, 2.24) is 9.80 Å². The van der Waals surface area contributed by atoms with Gasteiger partial charge in [-0.1, -0.05) is 48.5 Å². The number of benzene rings is 2. The first-order valence-electron chi connectivity index (χ1n) is 9.40. The van der Waals surface area contributed by atoms with Crippen LogP contribution in [0.5, 0.6) is 0 Å². The van der Waals surface area contributed by atoms with Crippen LogP contribution in [0.15, 0.2) is 54.6 Å². The molecule has 0 spiro atoms. The zero-order valence-corrected chi connectivity index (χ0v) is 16.1. The second-order valence-electron chi connectivity index (χ2n) is 7.14. The molecule has 0 saturated carbocycles. The smallest absolute Gasteiger partial charge is 0.236 e. The first-order valence-corrected chi connectivity index (χ1v) is 9.40. The predicted molar refractivity (Wildman–Crippen MR) is 107 cm³/mol. The van der Waals surface area contributed by atoms with E-state index in [2.05, 4.69) is 60.0 Å². The summed E-state index contributed by atoms with van der Waals surface area (Å²) in [6.07, 6.45) is 0. The molecule has 4 nitrogen and oxygen atoms in total. The van der Waals surface area contributed by atoms with Crippen LogP contribution in [0.25, 0.3) is 0 Å². The fourth-order valence-electron chi connectivity index (χ4n) is 3.54. The number of carbonyl (C=O) groups excluding carboxylic acids is 1. The maximum atomic E-state index is 12.7. The van der Waals surface area contributed by atoms with Crippen LogP contribution in [0.1, 0.15) is 24.1 Å². The van der Waals surface area contributed by atoms with Crippen molar-refractivity contribution in [2.24, 2.45) is 0 Å². The molecule has 1 saturated heterocycles. The highest BCUT2D eigenvalue weighted by Crippen LogP contribution is 2.21. The lowest BCUT2D eigenvalue weighted by atomic mass is 10.1. The topological polar surface area (TPSA) is 26.8 Å². The molecular formula is C22H29N3O. The molecule has 1 fully saturated rings. The van der Waals surface area contributed by atoms with E-state index in [1.165, 1.54) is 16.8 Å². The lowest BCUT2D eigenvalue weighted by Crippen LogP contribution is -2.50. The number of anilines is 1. The predicted octanol–water partition coefficient (Wildman–Crippen LogP) is 3.34. The molecule has 4 heteroatoms. The molecule has 26 heavy (non-hydrogen) atoms. The third kappa shape index (κ3) is 4.25. The van der Waals surface area contributed by atoms with Crippen molar-refractivity contribution >= 4 is 11.6 Å². The molecule has 2 aromatic carbocycles. The van der Waals surface area contributed by atoms with E-state index in [0.29, 0.717) is 6.54 Å². The van der Waals surface area contributed by atoms with Gasteiger partial charge in [0.2, 0.25) is 5.91 Å². The molecule has 1 aliphatic rings. The van der Waals surface area contributed by atoms with E-state index in [0.717, 1.165) is 26.2 Å². The Morgan fingerprint density at radius 1 is 1.00 bits per heavy atom. The third-order valence-corrected chi connectivity index (χ3v) is 5.44. The Morgan fingerprint density at radius 2 is 1.62 bits per heavy atom. The largest absolute Gasteiger partial charge is 0.369 e. The van der Waals surface area contributed by atoms with E-state index in [1.807, 2.05) is 30.1 Å². The number of hydrogen-bond donors (Lipinski definition) is 0. The summed E-state index contributed by atoms with van der Waals surface area (Å²) >= 11 is 0. The number of nitrogens with zero attached hydrogens (tertiary/aromatic N) is 3. The van der Waals surface area contributed by atoms with Crippen LogP contribution in [0.3, 0.4) is 0 Å². The summed E-state index contributed by atoms with van der Waals surface area (Å²) in [6, 6.07) is 18.8. The van der Waals surface area contributed by atoms with Crippen LogP contribution in [-0.4, -0.2) is 55.5 Å². The monoisotopic (exact) mass is 351 g/mol. The maximum Gasteiger partial charge on any atom is 0.236 e. The minimum Gasteiger partial charge on any atom is -0.369 e. The lowest BCUT2D eigenvalue weighted by molar-refractivity contribution is -0.133. The van der Waals surface area contributed by atoms with Crippen molar-refractivity contribution in [3.63, 3.8) is 0 Å². The molecule has 1 aliphatic heterocycles.